The lowest BCUT2D eigenvalue weighted by molar-refractivity contribution is -0.136. The molecule has 0 unspecified atom stereocenters. The van der Waals surface area contributed by atoms with Gasteiger partial charge in [0.05, 0.1) is 0 Å². The Bertz CT molecular complexity index is 555. The van der Waals surface area contributed by atoms with Crippen LogP contribution in [0.25, 0.3) is 0 Å². The first-order chi connectivity index (χ1) is 15.0. The van der Waals surface area contributed by atoms with E-state index in [2.05, 4.69) is 101 Å². The van der Waals surface area contributed by atoms with Crippen LogP contribution in [-0.4, -0.2) is 121 Å². The largest absolute Gasteiger partial charge is 0.305 e. The van der Waals surface area contributed by atoms with Gasteiger partial charge < -0.3 is 9.80 Å². The molecule has 34 heavy (non-hydrogen) atoms. The second kappa shape index (κ2) is 12.4. The van der Waals surface area contributed by atoms with Gasteiger partial charge in [-0.05, 0) is 102 Å². The van der Waals surface area contributed by atoms with E-state index in [0.29, 0.717) is 22.0 Å². The van der Waals surface area contributed by atoms with Gasteiger partial charge in [-0.15, -0.1) is 0 Å². The van der Waals surface area contributed by atoms with Gasteiger partial charge in [-0.3, -0.25) is 14.7 Å². The number of likely N-dealkylation sites (N-methyl/N-ethyl adjacent to an activating group) is 1. The van der Waals surface area contributed by atoms with E-state index in [0.717, 1.165) is 0 Å². The third-order valence-electron chi connectivity index (χ3n) is 7.97. The lowest BCUT2D eigenvalue weighted by atomic mass is 9.71. The van der Waals surface area contributed by atoms with E-state index in [1.54, 1.807) is 0 Å². The first-order valence-electron chi connectivity index (χ1n) is 13.6. The minimum Gasteiger partial charge on any atom is -0.305 e. The number of nitrogens with zero attached hydrogens (tertiary/aromatic N) is 5. The highest BCUT2D eigenvalue weighted by Gasteiger charge is 2.52. The number of likely N-dealkylation sites (tertiary alicyclic amines) is 3. The van der Waals surface area contributed by atoms with Crippen LogP contribution in [0.15, 0.2) is 0 Å². The number of hydrogen-bond donors (Lipinski definition) is 0. The monoisotopic (exact) mass is 482 g/mol. The summed E-state index contributed by atoms with van der Waals surface area (Å²) in [6.45, 7) is 33.5. The summed E-state index contributed by atoms with van der Waals surface area (Å²) in [5, 5.41) is 0. The maximum atomic E-state index is 2.58. The molecule has 4 aliphatic rings. The summed E-state index contributed by atoms with van der Waals surface area (Å²) in [7, 11) is 4.41. The molecule has 4 fully saturated rings. The van der Waals surface area contributed by atoms with Crippen molar-refractivity contribution < 1.29 is 0 Å². The van der Waals surface area contributed by atoms with Crippen LogP contribution in [0.2, 0.25) is 0 Å². The maximum Gasteiger partial charge on any atom is 0.0212 e. The lowest BCUT2D eigenvalue weighted by Gasteiger charge is -2.63. The first kappa shape index (κ1) is 31.8. The molecule has 5 heteroatoms. The zero-order chi connectivity index (χ0) is 25.1. The van der Waals surface area contributed by atoms with E-state index in [4.69, 9.17) is 0 Å². The molecule has 0 saturated carbocycles. The molecule has 204 valence electrons. The molecule has 5 nitrogen and oxygen atoms in total. The van der Waals surface area contributed by atoms with Gasteiger partial charge in [0.15, 0.2) is 0 Å². The molecule has 0 radical (unpaired) electrons. The van der Waals surface area contributed by atoms with E-state index in [-0.39, 0.29) is 7.43 Å². The zero-order valence-corrected chi connectivity index (χ0v) is 24.4. The molecule has 4 saturated heterocycles. The normalized spacial score (nSPS) is 25.1. The summed E-state index contributed by atoms with van der Waals surface area (Å²) in [5.74, 6) is 0. The Labute approximate surface area is 215 Å². The molecule has 0 aromatic rings. The van der Waals surface area contributed by atoms with E-state index in [1.165, 1.54) is 84.7 Å². The fourth-order valence-corrected chi connectivity index (χ4v) is 5.58. The van der Waals surface area contributed by atoms with E-state index < -0.39 is 0 Å². The Morgan fingerprint density at radius 3 is 1.15 bits per heavy atom. The minimum atomic E-state index is 0. The molecule has 0 amide bonds. The van der Waals surface area contributed by atoms with Crippen molar-refractivity contribution in [3.63, 3.8) is 0 Å². The topological polar surface area (TPSA) is 16.2 Å². The van der Waals surface area contributed by atoms with Crippen LogP contribution in [0.1, 0.15) is 89.0 Å². The molecule has 1 spiro atoms. The molecule has 0 aromatic carbocycles. The molecule has 4 aliphatic heterocycles. The molecule has 4 heterocycles. The Kier molecular flexibility index (Phi) is 11.6. The lowest BCUT2D eigenvalue weighted by Crippen LogP contribution is -2.73. The van der Waals surface area contributed by atoms with Gasteiger partial charge in [0, 0.05) is 74.4 Å². The molecular formula is C29H63N5. The first-order valence-corrected chi connectivity index (χ1v) is 13.6. The van der Waals surface area contributed by atoms with Crippen LogP contribution in [0.3, 0.4) is 0 Å². The van der Waals surface area contributed by atoms with Crippen LogP contribution in [0.4, 0.5) is 0 Å². The highest BCUT2D eigenvalue weighted by Crippen LogP contribution is 2.41. The quantitative estimate of drug-likeness (QED) is 0.484. The van der Waals surface area contributed by atoms with Crippen LogP contribution in [0.5, 0.6) is 0 Å². The van der Waals surface area contributed by atoms with Crippen molar-refractivity contribution in [3.8, 4) is 0 Å². The Balaban J connectivity index is 0.000000253. The standard InChI is InChI=1S/C10H20N2.C9H20N2.C9H19N.CH4/c1-9(2,3)12-7-10(8-12)5-11(4)6-10;1-9(2,3)11-7-5-10(4)6-8-11;1-9(2,3)10-7-5-4-6-8-10;/h5-8H2,1-4H3;5-8H2,1-4H3;4-8H2,1-3H3;1H4. The maximum absolute atomic E-state index is 2.58. The van der Waals surface area contributed by atoms with Gasteiger partial charge in [0.2, 0.25) is 0 Å². The summed E-state index contributed by atoms with van der Waals surface area (Å²) in [6, 6.07) is 0. The molecule has 0 aliphatic carbocycles. The van der Waals surface area contributed by atoms with Crippen LogP contribution < -0.4 is 0 Å². The number of rotatable bonds is 0. The fraction of sp³-hybridized carbons (Fsp3) is 1.00. The van der Waals surface area contributed by atoms with Gasteiger partial charge in [-0.25, -0.2) is 0 Å². The van der Waals surface area contributed by atoms with Gasteiger partial charge in [0.1, 0.15) is 0 Å². The molecule has 4 rings (SSSR count). The van der Waals surface area contributed by atoms with Crippen molar-refractivity contribution >= 4 is 0 Å². The summed E-state index contributed by atoms with van der Waals surface area (Å²) in [4.78, 5) is 12.5. The highest BCUT2D eigenvalue weighted by atomic mass is 15.3. The van der Waals surface area contributed by atoms with Crippen molar-refractivity contribution in [2.45, 2.75) is 106 Å². The van der Waals surface area contributed by atoms with Crippen LogP contribution in [-0.2, 0) is 0 Å². The van der Waals surface area contributed by atoms with E-state index in [1.807, 2.05) is 0 Å². The number of hydrogen-bond acceptors (Lipinski definition) is 5. The molecule has 0 N–H and O–H groups in total. The van der Waals surface area contributed by atoms with Gasteiger partial charge in [-0.2, -0.15) is 0 Å². The van der Waals surface area contributed by atoms with Gasteiger partial charge in [-0.1, -0.05) is 13.8 Å². The Hall–Kier alpha value is -0.200. The second-order valence-electron chi connectivity index (χ2n) is 14.4. The third kappa shape index (κ3) is 9.69. The van der Waals surface area contributed by atoms with Crippen molar-refractivity contribution in [2.24, 2.45) is 5.41 Å². The Morgan fingerprint density at radius 2 is 0.824 bits per heavy atom. The van der Waals surface area contributed by atoms with Crippen LogP contribution in [0, 0.1) is 5.41 Å². The summed E-state index contributed by atoms with van der Waals surface area (Å²) < 4.78 is 0. The summed E-state index contributed by atoms with van der Waals surface area (Å²) in [6.07, 6.45) is 4.24. The van der Waals surface area contributed by atoms with E-state index >= 15 is 0 Å². The average molecular weight is 482 g/mol. The van der Waals surface area contributed by atoms with Crippen molar-refractivity contribution in [2.75, 3.05) is 79.5 Å². The van der Waals surface area contributed by atoms with Crippen molar-refractivity contribution in [1.29, 1.82) is 0 Å². The smallest absolute Gasteiger partial charge is 0.0212 e. The van der Waals surface area contributed by atoms with Crippen molar-refractivity contribution in [3.05, 3.63) is 0 Å². The summed E-state index contributed by atoms with van der Waals surface area (Å²) >= 11 is 0. The molecule has 0 aromatic heterocycles. The predicted molar refractivity (Wildman–Crippen MR) is 152 cm³/mol. The third-order valence-corrected chi connectivity index (χ3v) is 7.97. The number of piperidine rings is 1. The fourth-order valence-electron chi connectivity index (χ4n) is 5.58. The SMILES string of the molecule is C.CC(C)(C)N1CCCCC1.CN1CC2(C1)CN(C(C)(C)C)C2.CN1CCN(C(C)(C)C)CC1. The predicted octanol–water partition coefficient (Wildman–Crippen LogP) is 4.97. The van der Waals surface area contributed by atoms with Gasteiger partial charge in [0.25, 0.3) is 0 Å². The molecule has 0 atom stereocenters. The minimum absolute atomic E-state index is 0. The highest BCUT2D eigenvalue weighted by molar-refractivity contribution is 5.07. The van der Waals surface area contributed by atoms with Gasteiger partial charge >= 0.3 is 0 Å². The zero-order valence-electron chi connectivity index (χ0n) is 24.4. The molecular weight excluding hydrogens is 418 g/mol. The van der Waals surface area contributed by atoms with Crippen molar-refractivity contribution in [1.82, 2.24) is 24.5 Å². The Morgan fingerprint density at radius 1 is 0.441 bits per heavy atom. The molecule has 0 bridgehead atoms. The summed E-state index contributed by atoms with van der Waals surface area (Å²) in [5.41, 5.74) is 1.85. The van der Waals surface area contributed by atoms with E-state index in [9.17, 15) is 0 Å². The second-order valence-corrected chi connectivity index (χ2v) is 14.4. The average Bonchev–Trinajstić information content (AvgIpc) is 2.63. The van der Waals surface area contributed by atoms with Crippen LogP contribution >= 0.6 is 0 Å². The number of piperazine rings is 1.